The first-order valence-electron chi connectivity index (χ1n) is 4.64. The predicted octanol–water partition coefficient (Wildman–Crippen LogP) is 3.92. The van der Waals surface area contributed by atoms with Crippen molar-refractivity contribution in [3.05, 3.63) is 38.8 Å². The third-order valence-corrected chi connectivity index (χ3v) is 3.80. The van der Waals surface area contributed by atoms with Gasteiger partial charge in [0.15, 0.2) is 0 Å². The van der Waals surface area contributed by atoms with Gasteiger partial charge in [0.2, 0.25) is 0 Å². The zero-order valence-electron chi connectivity index (χ0n) is 8.50. The van der Waals surface area contributed by atoms with Crippen molar-refractivity contribution in [3.63, 3.8) is 0 Å². The number of aromatic nitrogens is 1. The van der Waals surface area contributed by atoms with Crippen molar-refractivity contribution in [1.29, 1.82) is 0 Å². The SMILES string of the molecule is Cc1sc(-c2ccc(Cl)cc2Cl)nc1CO. The summed E-state index contributed by atoms with van der Waals surface area (Å²) in [7, 11) is 0. The Labute approximate surface area is 107 Å². The van der Waals surface area contributed by atoms with Gasteiger partial charge < -0.3 is 5.11 Å². The highest BCUT2D eigenvalue weighted by atomic mass is 35.5. The highest BCUT2D eigenvalue weighted by Crippen LogP contribution is 2.34. The van der Waals surface area contributed by atoms with Crippen LogP contribution < -0.4 is 0 Å². The highest BCUT2D eigenvalue weighted by molar-refractivity contribution is 7.15. The molecule has 0 spiro atoms. The van der Waals surface area contributed by atoms with Crippen molar-refractivity contribution in [3.8, 4) is 10.6 Å². The zero-order valence-corrected chi connectivity index (χ0v) is 10.8. The van der Waals surface area contributed by atoms with Gasteiger partial charge in [-0.25, -0.2) is 4.98 Å². The van der Waals surface area contributed by atoms with Crippen LogP contribution in [0.5, 0.6) is 0 Å². The van der Waals surface area contributed by atoms with E-state index in [-0.39, 0.29) is 6.61 Å². The van der Waals surface area contributed by atoms with E-state index < -0.39 is 0 Å². The van der Waals surface area contributed by atoms with E-state index in [9.17, 15) is 0 Å². The second-order valence-electron chi connectivity index (χ2n) is 3.30. The van der Waals surface area contributed by atoms with E-state index in [0.717, 1.165) is 15.4 Å². The third-order valence-electron chi connectivity index (χ3n) is 2.20. The molecule has 0 radical (unpaired) electrons. The Kier molecular flexibility index (Phi) is 3.50. The molecule has 2 rings (SSSR count). The normalized spacial score (nSPS) is 10.8. The van der Waals surface area contributed by atoms with Crippen LogP contribution in [0.4, 0.5) is 0 Å². The minimum absolute atomic E-state index is 0.0481. The van der Waals surface area contributed by atoms with Gasteiger partial charge in [-0.15, -0.1) is 11.3 Å². The molecule has 0 atom stereocenters. The quantitative estimate of drug-likeness (QED) is 0.900. The molecule has 5 heteroatoms. The standard InChI is InChI=1S/C11H9Cl2NOS/c1-6-10(5-15)14-11(16-6)8-3-2-7(12)4-9(8)13/h2-4,15H,5H2,1H3. The summed E-state index contributed by atoms with van der Waals surface area (Å²) < 4.78 is 0. The fourth-order valence-electron chi connectivity index (χ4n) is 1.35. The predicted molar refractivity (Wildman–Crippen MR) is 68.2 cm³/mol. The number of aliphatic hydroxyl groups excluding tert-OH is 1. The van der Waals surface area contributed by atoms with E-state index in [1.54, 1.807) is 12.1 Å². The lowest BCUT2D eigenvalue weighted by atomic mass is 10.2. The minimum Gasteiger partial charge on any atom is -0.390 e. The summed E-state index contributed by atoms with van der Waals surface area (Å²) in [5.41, 5.74) is 1.55. The van der Waals surface area contributed by atoms with Crippen molar-refractivity contribution >= 4 is 34.5 Å². The minimum atomic E-state index is -0.0481. The van der Waals surface area contributed by atoms with E-state index in [1.165, 1.54) is 11.3 Å². The molecule has 0 aliphatic carbocycles. The van der Waals surface area contributed by atoms with Crippen molar-refractivity contribution in [2.75, 3.05) is 0 Å². The number of rotatable bonds is 2. The van der Waals surface area contributed by atoms with Crippen LogP contribution in [0.3, 0.4) is 0 Å². The van der Waals surface area contributed by atoms with Gasteiger partial charge in [-0.2, -0.15) is 0 Å². The van der Waals surface area contributed by atoms with E-state index in [4.69, 9.17) is 28.3 Å². The number of aryl methyl sites for hydroxylation is 1. The van der Waals surface area contributed by atoms with Gasteiger partial charge in [-0.1, -0.05) is 23.2 Å². The van der Waals surface area contributed by atoms with E-state index >= 15 is 0 Å². The van der Waals surface area contributed by atoms with Crippen molar-refractivity contribution in [2.45, 2.75) is 13.5 Å². The molecule has 2 aromatic rings. The molecular weight excluding hydrogens is 265 g/mol. The molecule has 1 N–H and O–H groups in total. The monoisotopic (exact) mass is 273 g/mol. The van der Waals surface area contributed by atoms with Gasteiger partial charge in [0.25, 0.3) is 0 Å². The lowest BCUT2D eigenvalue weighted by molar-refractivity contribution is 0.277. The number of halogens is 2. The van der Waals surface area contributed by atoms with Crippen LogP contribution in [-0.4, -0.2) is 10.1 Å². The van der Waals surface area contributed by atoms with Crippen LogP contribution in [0.25, 0.3) is 10.6 Å². The Bertz CT molecular complexity index is 525. The molecular formula is C11H9Cl2NOS. The van der Waals surface area contributed by atoms with Gasteiger partial charge in [0.1, 0.15) is 5.01 Å². The molecule has 0 bridgehead atoms. The summed E-state index contributed by atoms with van der Waals surface area (Å²) in [5.74, 6) is 0. The third kappa shape index (κ3) is 2.23. The molecule has 0 fully saturated rings. The van der Waals surface area contributed by atoms with Crippen LogP contribution in [0.1, 0.15) is 10.6 Å². The van der Waals surface area contributed by atoms with Crippen molar-refractivity contribution in [2.24, 2.45) is 0 Å². The van der Waals surface area contributed by atoms with Crippen LogP contribution in [0.2, 0.25) is 10.0 Å². The van der Waals surface area contributed by atoms with Crippen LogP contribution in [0, 0.1) is 6.92 Å². The molecule has 84 valence electrons. The van der Waals surface area contributed by atoms with E-state index in [2.05, 4.69) is 4.98 Å². The van der Waals surface area contributed by atoms with Crippen LogP contribution in [0.15, 0.2) is 18.2 Å². The average Bonchev–Trinajstić information content (AvgIpc) is 2.59. The molecule has 2 nitrogen and oxygen atoms in total. The lowest BCUT2D eigenvalue weighted by Crippen LogP contribution is -1.85. The Balaban J connectivity index is 2.50. The van der Waals surface area contributed by atoms with Crippen LogP contribution in [-0.2, 0) is 6.61 Å². The fraction of sp³-hybridized carbons (Fsp3) is 0.182. The molecule has 1 aromatic carbocycles. The van der Waals surface area contributed by atoms with Gasteiger partial charge in [-0.05, 0) is 25.1 Å². The first-order valence-corrected chi connectivity index (χ1v) is 6.21. The van der Waals surface area contributed by atoms with E-state index in [1.807, 2.05) is 13.0 Å². The van der Waals surface area contributed by atoms with Crippen molar-refractivity contribution < 1.29 is 5.11 Å². The second kappa shape index (κ2) is 4.72. The molecule has 0 aliphatic heterocycles. The molecule has 16 heavy (non-hydrogen) atoms. The number of hydrogen-bond acceptors (Lipinski definition) is 3. The van der Waals surface area contributed by atoms with Crippen molar-refractivity contribution in [1.82, 2.24) is 4.98 Å². The summed E-state index contributed by atoms with van der Waals surface area (Å²) in [4.78, 5) is 5.33. The zero-order chi connectivity index (χ0) is 11.7. The number of hydrogen-bond donors (Lipinski definition) is 1. The summed E-state index contributed by atoms with van der Waals surface area (Å²) in [6.45, 7) is 1.88. The largest absolute Gasteiger partial charge is 0.390 e. The Hall–Kier alpha value is -0.610. The maximum atomic E-state index is 9.08. The Morgan fingerprint density at radius 2 is 2.12 bits per heavy atom. The fourth-order valence-corrected chi connectivity index (χ4v) is 2.87. The molecule has 0 aliphatic rings. The maximum Gasteiger partial charge on any atom is 0.125 e. The topological polar surface area (TPSA) is 33.1 Å². The maximum absolute atomic E-state index is 9.08. The molecule has 1 heterocycles. The Morgan fingerprint density at radius 1 is 1.38 bits per heavy atom. The van der Waals surface area contributed by atoms with Crippen LogP contribution >= 0.6 is 34.5 Å². The number of benzene rings is 1. The summed E-state index contributed by atoms with van der Waals surface area (Å²) in [6, 6.07) is 5.30. The molecule has 1 aromatic heterocycles. The molecule has 0 saturated heterocycles. The second-order valence-corrected chi connectivity index (χ2v) is 5.35. The lowest BCUT2D eigenvalue weighted by Gasteiger charge is -2.00. The summed E-state index contributed by atoms with van der Waals surface area (Å²) in [6.07, 6.45) is 0. The first-order chi connectivity index (χ1) is 7.61. The number of aliphatic hydroxyl groups is 1. The van der Waals surface area contributed by atoms with E-state index in [0.29, 0.717) is 15.7 Å². The smallest absolute Gasteiger partial charge is 0.125 e. The molecule has 0 unspecified atom stereocenters. The van der Waals surface area contributed by atoms with Gasteiger partial charge in [0.05, 0.1) is 17.3 Å². The van der Waals surface area contributed by atoms with Gasteiger partial charge in [0, 0.05) is 15.5 Å². The summed E-state index contributed by atoms with van der Waals surface area (Å²) in [5, 5.41) is 11.1. The molecule has 0 amide bonds. The average molecular weight is 274 g/mol. The first kappa shape index (κ1) is 11.9. The highest BCUT2D eigenvalue weighted by Gasteiger charge is 2.11. The number of thiazole rings is 1. The number of nitrogens with zero attached hydrogens (tertiary/aromatic N) is 1. The summed E-state index contributed by atoms with van der Waals surface area (Å²) >= 11 is 13.4. The Morgan fingerprint density at radius 3 is 2.69 bits per heavy atom. The van der Waals surface area contributed by atoms with Gasteiger partial charge in [-0.3, -0.25) is 0 Å². The van der Waals surface area contributed by atoms with Gasteiger partial charge >= 0.3 is 0 Å². The molecule has 0 saturated carbocycles.